The van der Waals surface area contributed by atoms with Gasteiger partial charge in [-0.1, -0.05) is 41.9 Å². The highest BCUT2D eigenvalue weighted by Gasteiger charge is 2.36. The Balaban J connectivity index is 1.65. The van der Waals surface area contributed by atoms with Gasteiger partial charge in [-0.25, -0.2) is 9.67 Å². The average molecular weight is 508 g/mol. The molecular formula is C25H29ClF3N5O. The third-order valence-electron chi connectivity index (χ3n) is 6.14. The minimum atomic E-state index is -4.53. The van der Waals surface area contributed by atoms with E-state index in [-0.39, 0.29) is 17.7 Å². The molecule has 1 N–H and O–H groups in total. The van der Waals surface area contributed by atoms with E-state index in [9.17, 15) is 18.3 Å². The van der Waals surface area contributed by atoms with E-state index in [1.165, 1.54) is 10.2 Å². The number of hydrogen-bond acceptors (Lipinski definition) is 5. The number of halogens is 4. The molecule has 4 rings (SSSR count). The number of hydrogen-bond donors (Lipinski definition) is 1. The number of piperidine rings is 1. The molecule has 188 valence electrons. The average Bonchev–Trinajstić information content (AvgIpc) is 3.24. The summed E-state index contributed by atoms with van der Waals surface area (Å²) in [7, 11) is 3.73. The zero-order valence-corrected chi connectivity index (χ0v) is 20.5. The van der Waals surface area contributed by atoms with Crippen LogP contribution in [0.2, 0.25) is 5.02 Å². The highest BCUT2D eigenvalue weighted by Crippen LogP contribution is 2.34. The Bertz CT molecular complexity index is 1140. The first-order chi connectivity index (χ1) is 16.6. The van der Waals surface area contributed by atoms with E-state index in [1.54, 1.807) is 12.1 Å². The molecule has 0 amide bonds. The van der Waals surface area contributed by atoms with Crippen molar-refractivity contribution in [3.63, 3.8) is 0 Å². The van der Waals surface area contributed by atoms with Crippen molar-refractivity contribution in [3.05, 3.63) is 64.9 Å². The zero-order valence-electron chi connectivity index (χ0n) is 19.7. The van der Waals surface area contributed by atoms with Gasteiger partial charge in [-0.05, 0) is 43.1 Å². The molecule has 3 aromatic rings. The van der Waals surface area contributed by atoms with Gasteiger partial charge in [0.2, 0.25) is 0 Å². The molecule has 0 saturated carbocycles. The fraction of sp³-hybridized carbons (Fsp3) is 0.440. The summed E-state index contributed by atoms with van der Waals surface area (Å²) in [5.74, 6) is 0.172. The fourth-order valence-corrected chi connectivity index (χ4v) is 4.84. The van der Waals surface area contributed by atoms with Gasteiger partial charge in [0.05, 0.1) is 23.2 Å². The van der Waals surface area contributed by atoms with Crippen molar-refractivity contribution in [2.75, 3.05) is 32.1 Å². The van der Waals surface area contributed by atoms with Crippen LogP contribution in [0.4, 0.5) is 18.9 Å². The minimum absolute atomic E-state index is 0.0725. The Morgan fingerprint density at radius 1 is 1.17 bits per heavy atom. The Morgan fingerprint density at radius 2 is 1.91 bits per heavy atom. The summed E-state index contributed by atoms with van der Waals surface area (Å²) in [6.07, 6.45) is -6.12. The maximum absolute atomic E-state index is 13.1. The largest absolute Gasteiger partial charge is 0.392 e. The van der Waals surface area contributed by atoms with Crippen LogP contribution in [0, 0.1) is 0 Å². The number of aliphatic hydroxyl groups is 1. The Morgan fingerprint density at radius 3 is 2.57 bits per heavy atom. The maximum atomic E-state index is 13.1. The monoisotopic (exact) mass is 507 g/mol. The summed E-state index contributed by atoms with van der Waals surface area (Å²) in [4.78, 5) is 8.49. The summed E-state index contributed by atoms with van der Waals surface area (Å²) >= 11 is 6.41. The summed E-state index contributed by atoms with van der Waals surface area (Å²) in [5.41, 5.74) is 2.55. The molecule has 1 aliphatic heterocycles. The maximum Gasteiger partial charge on any atom is 0.392 e. The van der Waals surface area contributed by atoms with Gasteiger partial charge >= 0.3 is 6.18 Å². The van der Waals surface area contributed by atoms with Crippen molar-refractivity contribution in [2.24, 2.45) is 0 Å². The third-order valence-corrected chi connectivity index (χ3v) is 6.45. The second-order valence-corrected chi connectivity index (χ2v) is 9.56. The first kappa shape index (κ1) is 25.5. The van der Waals surface area contributed by atoms with E-state index in [2.05, 4.69) is 27.1 Å². The Kier molecular flexibility index (Phi) is 7.68. The van der Waals surface area contributed by atoms with Crippen LogP contribution in [0.5, 0.6) is 0 Å². The van der Waals surface area contributed by atoms with Crippen molar-refractivity contribution in [3.8, 4) is 11.4 Å². The van der Waals surface area contributed by atoms with Crippen LogP contribution in [0.15, 0.2) is 48.5 Å². The van der Waals surface area contributed by atoms with Crippen LogP contribution in [0.3, 0.4) is 0 Å². The SMILES string of the molecule is CN(C)c1ccc(-c2nc(C(O)CC(F)(F)F)n(C3CCCN(Cc4ccccc4)C3)n2)cc1Cl. The van der Waals surface area contributed by atoms with Gasteiger partial charge in [0.1, 0.15) is 6.10 Å². The van der Waals surface area contributed by atoms with Crippen LogP contribution in [0.1, 0.15) is 42.8 Å². The van der Waals surface area contributed by atoms with Crippen LogP contribution in [-0.2, 0) is 6.54 Å². The van der Waals surface area contributed by atoms with Crippen molar-refractivity contribution in [2.45, 2.75) is 44.1 Å². The smallest absolute Gasteiger partial charge is 0.385 e. The second kappa shape index (κ2) is 10.6. The fourth-order valence-electron chi connectivity index (χ4n) is 4.49. The Labute approximate surface area is 207 Å². The lowest BCUT2D eigenvalue weighted by Gasteiger charge is -2.33. The van der Waals surface area contributed by atoms with E-state index in [1.807, 2.05) is 43.3 Å². The van der Waals surface area contributed by atoms with Gasteiger partial charge in [-0.3, -0.25) is 4.90 Å². The molecule has 6 nitrogen and oxygen atoms in total. The Hall–Kier alpha value is -2.62. The quantitative estimate of drug-likeness (QED) is 0.458. The van der Waals surface area contributed by atoms with Crippen molar-refractivity contribution in [1.82, 2.24) is 19.7 Å². The lowest BCUT2D eigenvalue weighted by molar-refractivity contribution is -0.155. The molecule has 0 aliphatic carbocycles. The molecule has 2 heterocycles. The molecule has 1 fully saturated rings. The third kappa shape index (κ3) is 6.34. The van der Waals surface area contributed by atoms with E-state index < -0.39 is 18.7 Å². The summed E-state index contributed by atoms with van der Waals surface area (Å²) < 4.78 is 40.9. The number of nitrogens with zero attached hydrogens (tertiary/aromatic N) is 5. The van der Waals surface area contributed by atoms with Crippen molar-refractivity contribution in [1.29, 1.82) is 0 Å². The predicted molar refractivity (Wildman–Crippen MR) is 130 cm³/mol. The number of rotatable bonds is 7. The van der Waals surface area contributed by atoms with Crippen molar-refractivity contribution < 1.29 is 18.3 Å². The number of likely N-dealkylation sites (tertiary alicyclic amines) is 1. The lowest BCUT2D eigenvalue weighted by Crippen LogP contribution is -2.37. The van der Waals surface area contributed by atoms with Gasteiger partial charge in [0, 0.05) is 32.7 Å². The molecule has 0 radical (unpaired) electrons. The van der Waals surface area contributed by atoms with Crippen LogP contribution in [0.25, 0.3) is 11.4 Å². The van der Waals surface area contributed by atoms with Gasteiger partial charge in [0.25, 0.3) is 0 Å². The highest BCUT2D eigenvalue weighted by atomic mass is 35.5. The van der Waals surface area contributed by atoms with Crippen molar-refractivity contribution >= 4 is 17.3 Å². The van der Waals surface area contributed by atoms with E-state index in [0.29, 0.717) is 17.1 Å². The topological polar surface area (TPSA) is 57.4 Å². The van der Waals surface area contributed by atoms with Crippen LogP contribution in [-0.4, -0.2) is 58.1 Å². The molecule has 1 aliphatic rings. The van der Waals surface area contributed by atoms with Gasteiger partial charge in [-0.2, -0.15) is 18.3 Å². The van der Waals surface area contributed by atoms with E-state index in [0.717, 1.165) is 31.6 Å². The number of aliphatic hydroxyl groups excluding tert-OH is 1. The summed E-state index contributed by atoms with van der Waals surface area (Å²) in [5, 5.41) is 15.6. The molecule has 2 atom stereocenters. The van der Waals surface area contributed by atoms with Gasteiger partial charge < -0.3 is 10.0 Å². The molecular weight excluding hydrogens is 479 g/mol. The molecule has 1 aromatic heterocycles. The standard InChI is InChI=1S/C25H29ClF3N5O/c1-32(2)21-11-10-18(13-20(21)26)23-30-24(22(35)14-25(27,28)29)34(31-23)19-9-6-12-33(16-19)15-17-7-4-3-5-8-17/h3-5,7-8,10-11,13,19,22,35H,6,9,12,14-16H2,1-2H3. The summed E-state index contributed by atoms with van der Waals surface area (Å²) in [6.45, 7) is 2.22. The predicted octanol–water partition coefficient (Wildman–Crippen LogP) is 5.49. The lowest BCUT2D eigenvalue weighted by atomic mass is 10.0. The number of alkyl halides is 3. The highest BCUT2D eigenvalue weighted by molar-refractivity contribution is 6.33. The number of aromatic nitrogens is 3. The zero-order chi connectivity index (χ0) is 25.2. The molecule has 0 bridgehead atoms. The normalized spacial score (nSPS) is 18.0. The molecule has 0 spiro atoms. The van der Waals surface area contributed by atoms with Gasteiger partial charge in [-0.15, -0.1) is 0 Å². The molecule has 1 saturated heterocycles. The number of benzene rings is 2. The number of anilines is 1. The molecule has 2 aromatic carbocycles. The molecule has 10 heteroatoms. The molecule has 2 unspecified atom stereocenters. The first-order valence-electron chi connectivity index (χ1n) is 11.6. The minimum Gasteiger partial charge on any atom is -0.385 e. The first-order valence-corrected chi connectivity index (χ1v) is 11.9. The van der Waals surface area contributed by atoms with E-state index >= 15 is 0 Å². The van der Waals surface area contributed by atoms with Crippen LogP contribution < -0.4 is 4.90 Å². The molecule has 35 heavy (non-hydrogen) atoms. The van der Waals surface area contributed by atoms with Gasteiger partial charge in [0.15, 0.2) is 11.6 Å². The van der Waals surface area contributed by atoms with E-state index in [4.69, 9.17) is 11.6 Å². The second-order valence-electron chi connectivity index (χ2n) is 9.15. The summed E-state index contributed by atoms with van der Waals surface area (Å²) in [6, 6.07) is 15.1. The van der Waals surface area contributed by atoms with Crippen LogP contribution >= 0.6 is 11.6 Å².